The van der Waals surface area contributed by atoms with Crippen molar-refractivity contribution in [2.45, 2.75) is 13.8 Å². The fraction of sp³-hybridized carbons (Fsp3) is 0.0800. The van der Waals surface area contributed by atoms with E-state index in [9.17, 15) is 9.59 Å². The monoisotopic (exact) mass is 410 g/mol. The molecule has 0 saturated carbocycles. The summed E-state index contributed by atoms with van der Waals surface area (Å²) in [5, 5.41) is 2.97. The van der Waals surface area contributed by atoms with Crippen LogP contribution >= 0.6 is 11.3 Å². The average molecular weight is 410 g/mol. The minimum absolute atomic E-state index is 0.283. The summed E-state index contributed by atoms with van der Waals surface area (Å²) in [6.07, 6.45) is 0. The molecule has 0 aliphatic carbocycles. The maximum Gasteiger partial charge on any atom is 0.266 e. The van der Waals surface area contributed by atoms with Crippen LogP contribution in [0.5, 0.6) is 0 Å². The van der Waals surface area contributed by atoms with Crippen LogP contribution in [0.15, 0.2) is 72.1 Å². The number of rotatable bonds is 3. The van der Waals surface area contributed by atoms with E-state index in [0.717, 1.165) is 21.8 Å². The molecule has 0 atom stereocenters. The van der Waals surface area contributed by atoms with Gasteiger partial charge in [0.05, 0.1) is 22.5 Å². The second-order valence-corrected chi connectivity index (χ2v) is 8.25. The normalized spacial score (nSPS) is 13.1. The first-order valence-electron chi connectivity index (χ1n) is 9.64. The zero-order chi connectivity index (χ0) is 20.8. The highest BCUT2D eigenvalue weighted by molar-refractivity contribution is 7.13. The number of carbonyl (C=O) groups is 2. The predicted octanol–water partition coefficient (Wildman–Crippen LogP) is 5.89. The molecule has 0 radical (unpaired) electrons. The van der Waals surface area contributed by atoms with Crippen LogP contribution in [0.2, 0.25) is 0 Å². The number of aromatic nitrogens is 1. The van der Waals surface area contributed by atoms with Gasteiger partial charge < -0.3 is 0 Å². The molecule has 0 fully saturated rings. The molecule has 5 heteroatoms. The van der Waals surface area contributed by atoms with Crippen LogP contribution < -0.4 is 4.90 Å². The third kappa shape index (κ3) is 2.95. The second-order valence-electron chi connectivity index (χ2n) is 7.39. The molecule has 4 nitrogen and oxygen atoms in total. The number of fused-ring (bicyclic) bond motifs is 1. The number of hydrogen-bond acceptors (Lipinski definition) is 4. The van der Waals surface area contributed by atoms with E-state index in [1.807, 2.05) is 12.1 Å². The summed E-state index contributed by atoms with van der Waals surface area (Å²) < 4.78 is 0. The number of nitrogens with zero attached hydrogens (tertiary/aromatic N) is 2. The van der Waals surface area contributed by atoms with Crippen LogP contribution in [-0.2, 0) is 0 Å². The highest BCUT2D eigenvalue weighted by Gasteiger charge is 2.36. The summed E-state index contributed by atoms with van der Waals surface area (Å²) in [4.78, 5) is 31.4. The number of anilines is 1. The fourth-order valence-electron chi connectivity index (χ4n) is 3.72. The Kier molecular flexibility index (Phi) is 4.33. The number of carbonyl (C=O) groups excluding carboxylic acids is 2. The van der Waals surface area contributed by atoms with Gasteiger partial charge in [0, 0.05) is 16.5 Å². The number of thiazole rings is 1. The standard InChI is InChI=1S/C25H18N2O2S/c1-15-7-8-16(2)21(13-15)22-14-30-23(26-22)17-9-11-18(12-10-17)27-24(28)19-5-3-4-6-20(19)25(27)29/h3-14H,1-2H3. The van der Waals surface area contributed by atoms with Gasteiger partial charge in [-0.3, -0.25) is 9.59 Å². The van der Waals surface area contributed by atoms with E-state index < -0.39 is 0 Å². The lowest BCUT2D eigenvalue weighted by atomic mass is 10.0. The van der Waals surface area contributed by atoms with Crippen LogP contribution in [0.25, 0.3) is 21.8 Å². The average Bonchev–Trinajstić information content (AvgIpc) is 3.34. The smallest absolute Gasteiger partial charge is 0.266 e. The molecule has 0 saturated heterocycles. The van der Waals surface area contributed by atoms with Gasteiger partial charge in [0.25, 0.3) is 11.8 Å². The van der Waals surface area contributed by atoms with Crippen molar-refractivity contribution in [1.29, 1.82) is 0 Å². The van der Waals surface area contributed by atoms with Crippen molar-refractivity contribution in [3.05, 3.63) is 94.4 Å². The first kappa shape index (κ1) is 18.5. The molecule has 146 valence electrons. The Balaban J connectivity index is 1.44. The molecular weight excluding hydrogens is 392 g/mol. The molecule has 1 aliphatic rings. The highest BCUT2D eigenvalue weighted by Crippen LogP contribution is 2.33. The lowest BCUT2D eigenvalue weighted by molar-refractivity contribution is 0.0926. The third-order valence-corrected chi connectivity index (χ3v) is 6.23. The Morgan fingerprint density at radius 2 is 1.47 bits per heavy atom. The summed E-state index contributed by atoms with van der Waals surface area (Å²) >= 11 is 1.58. The zero-order valence-corrected chi connectivity index (χ0v) is 17.4. The van der Waals surface area contributed by atoms with Crippen LogP contribution in [-0.4, -0.2) is 16.8 Å². The van der Waals surface area contributed by atoms with E-state index in [4.69, 9.17) is 4.98 Å². The largest absolute Gasteiger partial charge is 0.268 e. The van der Waals surface area contributed by atoms with E-state index in [0.29, 0.717) is 16.8 Å². The minimum atomic E-state index is -0.283. The highest BCUT2D eigenvalue weighted by atomic mass is 32.1. The quantitative estimate of drug-likeness (QED) is 0.396. The maximum absolute atomic E-state index is 12.7. The van der Waals surface area contributed by atoms with Gasteiger partial charge in [-0.25, -0.2) is 9.88 Å². The number of imide groups is 1. The van der Waals surface area contributed by atoms with Crippen molar-refractivity contribution in [2.75, 3.05) is 4.90 Å². The molecule has 1 aliphatic heterocycles. The molecule has 0 spiro atoms. The van der Waals surface area contributed by atoms with Gasteiger partial charge in [0.15, 0.2) is 0 Å². The van der Waals surface area contributed by atoms with Crippen LogP contribution in [0.3, 0.4) is 0 Å². The SMILES string of the molecule is Cc1ccc(C)c(-c2csc(-c3ccc(N4C(=O)c5ccccc5C4=O)cc3)n2)c1. The van der Waals surface area contributed by atoms with Gasteiger partial charge in [0.1, 0.15) is 5.01 Å². The minimum Gasteiger partial charge on any atom is -0.268 e. The predicted molar refractivity (Wildman–Crippen MR) is 120 cm³/mol. The van der Waals surface area contributed by atoms with Crippen molar-refractivity contribution in [1.82, 2.24) is 4.98 Å². The summed E-state index contributed by atoms with van der Waals surface area (Å²) in [6.45, 7) is 4.17. The van der Waals surface area contributed by atoms with Crippen LogP contribution in [0.4, 0.5) is 5.69 Å². The Morgan fingerprint density at radius 3 is 2.13 bits per heavy atom. The number of amides is 2. The molecule has 30 heavy (non-hydrogen) atoms. The molecule has 0 unspecified atom stereocenters. The molecule has 0 N–H and O–H groups in total. The third-order valence-electron chi connectivity index (χ3n) is 5.34. The molecule has 1 aromatic heterocycles. The van der Waals surface area contributed by atoms with Crippen LogP contribution in [0.1, 0.15) is 31.8 Å². The van der Waals surface area contributed by atoms with E-state index in [-0.39, 0.29) is 11.8 Å². The molecule has 4 aromatic rings. The summed E-state index contributed by atoms with van der Waals surface area (Å²) in [7, 11) is 0. The van der Waals surface area contributed by atoms with Gasteiger partial charge in [-0.05, 0) is 61.9 Å². The van der Waals surface area contributed by atoms with Gasteiger partial charge >= 0.3 is 0 Å². The summed E-state index contributed by atoms with van der Waals surface area (Å²) in [5.74, 6) is -0.565. The summed E-state index contributed by atoms with van der Waals surface area (Å²) in [6, 6.07) is 20.7. The zero-order valence-electron chi connectivity index (χ0n) is 16.5. The van der Waals surface area contributed by atoms with Gasteiger partial charge in [0.2, 0.25) is 0 Å². The van der Waals surface area contributed by atoms with Crippen molar-refractivity contribution >= 4 is 28.8 Å². The molecule has 5 rings (SSSR count). The number of hydrogen-bond donors (Lipinski definition) is 0. The summed E-state index contributed by atoms with van der Waals surface area (Å²) in [5.41, 5.74) is 6.91. The van der Waals surface area contributed by atoms with Gasteiger partial charge in [-0.15, -0.1) is 11.3 Å². The van der Waals surface area contributed by atoms with E-state index in [2.05, 4.69) is 37.4 Å². The Bertz CT molecular complexity index is 1270. The first-order chi connectivity index (χ1) is 14.5. The molecule has 0 bridgehead atoms. The Hall–Kier alpha value is -3.57. The van der Waals surface area contributed by atoms with Crippen molar-refractivity contribution in [3.63, 3.8) is 0 Å². The fourth-order valence-corrected chi connectivity index (χ4v) is 4.54. The van der Waals surface area contributed by atoms with Crippen LogP contribution in [0, 0.1) is 13.8 Å². The van der Waals surface area contributed by atoms with Crippen molar-refractivity contribution in [3.8, 4) is 21.8 Å². The van der Waals surface area contributed by atoms with Gasteiger partial charge in [-0.1, -0.05) is 29.8 Å². The lowest BCUT2D eigenvalue weighted by Gasteiger charge is -2.14. The maximum atomic E-state index is 12.7. The molecule has 2 heterocycles. The van der Waals surface area contributed by atoms with Gasteiger partial charge in [-0.2, -0.15) is 0 Å². The first-order valence-corrected chi connectivity index (χ1v) is 10.5. The second kappa shape index (κ2) is 7.04. The number of aryl methyl sites for hydroxylation is 2. The van der Waals surface area contributed by atoms with E-state index in [1.54, 1.807) is 47.7 Å². The van der Waals surface area contributed by atoms with E-state index in [1.165, 1.54) is 16.0 Å². The molecule has 3 aromatic carbocycles. The topological polar surface area (TPSA) is 50.3 Å². The lowest BCUT2D eigenvalue weighted by Crippen LogP contribution is -2.29. The Morgan fingerprint density at radius 1 is 0.800 bits per heavy atom. The molecule has 2 amide bonds. The van der Waals surface area contributed by atoms with Crippen molar-refractivity contribution in [2.24, 2.45) is 0 Å². The van der Waals surface area contributed by atoms with E-state index >= 15 is 0 Å². The molecular formula is C25H18N2O2S. The number of benzene rings is 3. The Labute approximate surface area is 178 Å². The van der Waals surface area contributed by atoms with Crippen molar-refractivity contribution < 1.29 is 9.59 Å².